The average Bonchev–Trinajstić information content (AvgIpc) is 2.22. The molecule has 1 aromatic carbocycles. The van der Waals surface area contributed by atoms with Gasteiger partial charge in [-0.05, 0) is 12.1 Å². The first-order valence-corrected chi connectivity index (χ1v) is 5.53. The highest BCUT2D eigenvalue weighted by Crippen LogP contribution is 2.19. The molecule has 0 aromatic heterocycles. The van der Waals surface area contributed by atoms with E-state index in [9.17, 15) is 15.0 Å². The maximum absolute atomic E-state index is 11.6. The smallest absolute Gasteiger partial charge is 0.251 e. The van der Waals surface area contributed by atoms with Crippen molar-refractivity contribution in [1.82, 2.24) is 10.6 Å². The third-order valence-corrected chi connectivity index (χ3v) is 2.13. The van der Waals surface area contributed by atoms with E-state index in [-0.39, 0.29) is 23.0 Å². The van der Waals surface area contributed by atoms with E-state index in [4.69, 9.17) is 0 Å². The summed E-state index contributed by atoms with van der Waals surface area (Å²) in [4.78, 5) is 11.6. The Morgan fingerprint density at radius 2 is 1.76 bits per heavy atom. The molecule has 0 bridgehead atoms. The van der Waals surface area contributed by atoms with Crippen LogP contribution >= 0.6 is 0 Å². The van der Waals surface area contributed by atoms with E-state index in [1.165, 1.54) is 18.2 Å². The molecular weight excluding hydrogens is 220 g/mol. The Labute approximate surface area is 100 Å². The molecule has 1 aromatic rings. The van der Waals surface area contributed by atoms with Crippen molar-refractivity contribution in [2.45, 2.75) is 19.9 Å². The van der Waals surface area contributed by atoms with Crippen LogP contribution in [0.3, 0.4) is 0 Å². The van der Waals surface area contributed by atoms with E-state index in [1.54, 1.807) is 0 Å². The first-order valence-electron chi connectivity index (χ1n) is 5.53. The number of amides is 1. The van der Waals surface area contributed by atoms with Crippen LogP contribution in [0.25, 0.3) is 0 Å². The fourth-order valence-electron chi connectivity index (χ4n) is 1.37. The van der Waals surface area contributed by atoms with Crippen LogP contribution in [-0.2, 0) is 0 Å². The van der Waals surface area contributed by atoms with Crippen LogP contribution in [0, 0.1) is 0 Å². The van der Waals surface area contributed by atoms with E-state index in [0.717, 1.165) is 0 Å². The summed E-state index contributed by atoms with van der Waals surface area (Å²) in [6.45, 7) is 5.21. The first-order chi connectivity index (χ1) is 7.99. The quantitative estimate of drug-likeness (QED) is 0.573. The zero-order valence-electron chi connectivity index (χ0n) is 10.0. The Bertz CT molecular complexity index is 371. The number of aromatic hydroxyl groups is 2. The summed E-state index contributed by atoms with van der Waals surface area (Å²) in [5.41, 5.74) is 0.243. The Kier molecular flexibility index (Phi) is 4.78. The lowest BCUT2D eigenvalue weighted by atomic mass is 10.2. The van der Waals surface area contributed by atoms with Crippen molar-refractivity contribution < 1.29 is 15.0 Å². The number of carbonyl (C=O) groups is 1. The van der Waals surface area contributed by atoms with Crippen molar-refractivity contribution in [2.24, 2.45) is 0 Å². The topological polar surface area (TPSA) is 81.6 Å². The summed E-state index contributed by atoms with van der Waals surface area (Å²) in [6, 6.07) is 4.17. The van der Waals surface area contributed by atoms with Crippen LogP contribution < -0.4 is 10.6 Å². The van der Waals surface area contributed by atoms with E-state index in [1.807, 2.05) is 13.8 Å². The van der Waals surface area contributed by atoms with Gasteiger partial charge in [0.2, 0.25) is 0 Å². The maximum atomic E-state index is 11.6. The molecule has 0 radical (unpaired) electrons. The van der Waals surface area contributed by atoms with Gasteiger partial charge < -0.3 is 20.8 Å². The second kappa shape index (κ2) is 6.10. The Morgan fingerprint density at radius 3 is 2.29 bits per heavy atom. The standard InChI is InChI=1S/C12H18N2O3/c1-8(2)13-3-4-14-12(17)9-5-10(15)7-11(16)6-9/h5-8,13,15-16H,3-4H2,1-2H3,(H,14,17). The fraction of sp³-hybridized carbons (Fsp3) is 0.417. The molecule has 0 atom stereocenters. The third-order valence-electron chi connectivity index (χ3n) is 2.13. The molecule has 0 unspecified atom stereocenters. The van der Waals surface area contributed by atoms with Gasteiger partial charge >= 0.3 is 0 Å². The molecule has 0 aliphatic heterocycles. The second-order valence-corrected chi connectivity index (χ2v) is 4.10. The highest BCUT2D eigenvalue weighted by molar-refractivity contribution is 5.95. The van der Waals surface area contributed by atoms with E-state index in [2.05, 4.69) is 10.6 Å². The van der Waals surface area contributed by atoms with Crippen molar-refractivity contribution >= 4 is 5.91 Å². The van der Waals surface area contributed by atoms with Gasteiger partial charge in [0.25, 0.3) is 5.91 Å². The van der Waals surface area contributed by atoms with Gasteiger partial charge in [0.05, 0.1) is 0 Å². The molecule has 0 aliphatic rings. The molecule has 4 N–H and O–H groups in total. The molecule has 94 valence electrons. The van der Waals surface area contributed by atoms with Gasteiger partial charge in [-0.2, -0.15) is 0 Å². The molecule has 17 heavy (non-hydrogen) atoms. The molecule has 1 amide bonds. The van der Waals surface area contributed by atoms with Crippen LogP contribution in [0.2, 0.25) is 0 Å². The van der Waals surface area contributed by atoms with Crippen molar-refractivity contribution in [2.75, 3.05) is 13.1 Å². The van der Waals surface area contributed by atoms with Gasteiger partial charge in [0.15, 0.2) is 0 Å². The lowest BCUT2D eigenvalue weighted by molar-refractivity contribution is 0.0953. The van der Waals surface area contributed by atoms with Crippen molar-refractivity contribution in [1.29, 1.82) is 0 Å². The van der Waals surface area contributed by atoms with Crippen LogP contribution in [0.1, 0.15) is 24.2 Å². The third kappa shape index (κ3) is 4.74. The van der Waals surface area contributed by atoms with Gasteiger partial charge in [-0.25, -0.2) is 0 Å². The van der Waals surface area contributed by atoms with Gasteiger partial charge in [-0.15, -0.1) is 0 Å². The lowest BCUT2D eigenvalue weighted by Gasteiger charge is -2.09. The molecule has 5 nitrogen and oxygen atoms in total. The molecule has 0 saturated heterocycles. The van der Waals surface area contributed by atoms with Gasteiger partial charge in [0.1, 0.15) is 11.5 Å². The van der Waals surface area contributed by atoms with Crippen LogP contribution in [0.5, 0.6) is 11.5 Å². The van der Waals surface area contributed by atoms with Crippen molar-refractivity contribution in [3.63, 3.8) is 0 Å². The zero-order valence-corrected chi connectivity index (χ0v) is 10.0. The summed E-state index contributed by atoms with van der Waals surface area (Å²) in [6.07, 6.45) is 0. The number of hydrogen-bond acceptors (Lipinski definition) is 4. The second-order valence-electron chi connectivity index (χ2n) is 4.10. The average molecular weight is 238 g/mol. The first kappa shape index (κ1) is 13.3. The summed E-state index contributed by atoms with van der Waals surface area (Å²) >= 11 is 0. The molecule has 1 rings (SSSR count). The zero-order chi connectivity index (χ0) is 12.8. The van der Waals surface area contributed by atoms with Crippen molar-refractivity contribution in [3.8, 4) is 11.5 Å². The molecule has 0 fully saturated rings. The Balaban J connectivity index is 2.47. The van der Waals surface area contributed by atoms with Gasteiger partial charge in [0, 0.05) is 30.8 Å². The number of nitrogens with one attached hydrogen (secondary N) is 2. The summed E-state index contributed by atoms with van der Waals surface area (Å²) in [7, 11) is 0. The highest BCUT2D eigenvalue weighted by Gasteiger charge is 2.07. The predicted molar refractivity (Wildman–Crippen MR) is 65.2 cm³/mol. The van der Waals surface area contributed by atoms with Gasteiger partial charge in [-0.3, -0.25) is 4.79 Å². The number of carbonyl (C=O) groups excluding carboxylic acids is 1. The lowest BCUT2D eigenvalue weighted by Crippen LogP contribution is -2.34. The van der Waals surface area contributed by atoms with Crippen molar-refractivity contribution in [3.05, 3.63) is 23.8 Å². The number of rotatable bonds is 5. The largest absolute Gasteiger partial charge is 0.508 e. The van der Waals surface area contributed by atoms with Crippen LogP contribution in [0.4, 0.5) is 0 Å². The number of benzene rings is 1. The summed E-state index contributed by atoms with van der Waals surface area (Å²) in [5.74, 6) is -0.576. The number of phenols is 2. The Morgan fingerprint density at radius 1 is 1.18 bits per heavy atom. The number of phenolic OH excluding ortho intramolecular Hbond substituents is 2. The Hall–Kier alpha value is -1.75. The van der Waals surface area contributed by atoms with E-state index in [0.29, 0.717) is 19.1 Å². The molecule has 0 heterocycles. The molecular formula is C12H18N2O3. The minimum Gasteiger partial charge on any atom is -0.508 e. The number of hydrogen-bond donors (Lipinski definition) is 4. The van der Waals surface area contributed by atoms with Gasteiger partial charge in [-0.1, -0.05) is 13.8 Å². The molecule has 0 aliphatic carbocycles. The van der Waals surface area contributed by atoms with Crippen LogP contribution in [-0.4, -0.2) is 35.3 Å². The molecule has 0 spiro atoms. The normalized spacial score (nSPS) is 10.5. The molecule has 0 saturated carbocycles. The fourth-order valence-corrected chi connectivity index (χ4v) is 1.37. The SMILES string of the molecule is CC(C)NCCNC(=O)c1cc(O)cc(O)c1. The van der Waals surface area contributed by atoms with E-state index >= 15 is 0 Å². The summed E-state index contributed by atoms with van der Waals surface area (Å²) < 4.78 is 0. The summed E-state index contributed by atoms with van der Waals surface area (Å²) in [5, 5.41) is 24.3. The minimum absolute atomic E-state index is 0.129. The molecule has 5 heteroatoms. The maximum Gasteiger partial charge on any atom is 0.251 e. The predicted octanol–water partition coefficient (Wildman–Crippen LogP) is 0.826. The van der Waals surface area contributed by atoms with Crippen LogP contribution in [0.15, 0.2) is 18.2 Å². The van der Waals surface area contributed by atoms with E-state index < -0.39 is 0 Å². The monoisotopic (exact) mass is 238 g/mol. The highest BCUT2D eigenvalue weighted by atomic mass is 16.3. The minimum atomic E-state index is -0.318.